The molecule has 170 valence electrons. The highest BCUT2D eigenvalue weighted by Gasteiger charge is 2.46. The van der Waals surface area contributed by atoms with Gasteiger partial charge in [0.05, 0.1) is 35.7 Å². The zero-order valence-corrected chi connectivity index (χ0v) is 17.5. The first-order valence-electron chi connectivity index (χ1n) is 9.65. The van der Waals surface area contributed by atoms with Crippen LogP contribution in [-0.2, 0) is 21.1 Å². The number of hydrogen-bond donors (Lipinski definition) is 2. The van der Waals surface area contributed by atoms with Gasteiger partial charge in [0.1, 0.15) is 5.82 Å². The number of imidazole rings is 1. The Bertz CT molecular complexity index is 1230. The number of nitrogens with zero attached hydrogens (tertiary/aromatic N) is 2. The number of benzene rings is 2. The fourth-order valence-electron chi connectivity index (χ4n) is 3.31. The summed E-state index contributed by atoms with van der Waals surface area (Å²) in [6, 6.07) is 8.67. The summed E-state index contributed by atoms with van der Waals surface area (Å²) in [5.41, 5.74) is -3.48. The second kappa shape index (κ2) is 8.52. The average Bonchev–Trinajstić information content (AvgIpc) is 3.15. The van der Waals surface area contributed by atoms with Crippen LogP contribution in [0.3, 0.4) is 0 Å². The van der Waals surface area contributed by atoms with Gasteiger partial charge < -0.3 is 15.0 Å². The van der Waals surface area contributed by atoms with Crippen LogP contribution in [0.25, 0.3) is 11.0 Å². The highest BCUT2D eigenvalue weighted by Crippen LogP contribution is 2.30. The summed E-state index contributed by atoms with van der Waals surface area (Å²) in [5.74, 6) is 0.195. The lowest BCUT2D eigenvalue weighted by molar-refractivity contribution is -0.0436. The lowest BCUT2D eigenvalue weighted by Gasteiger charge is -2.25. The van der Waals surface area contributed by atoms with Gasteiger partial charge in [0.15, 0.2) is 0 Å². The second-order valence-corrected chi connectivity index (χ2v) is 9.17. The van der Waals surface area contributed by atoms with Crippen LogP contribution in [0.2, 0.25) is 0 Å². The van der Waals surface area contributed by atoms with Gasteiger partial charge in [-0.1, -0.05) is 0 Å². The van der Waals surface area contributed by atoms with Gasteiger partial charge in [0, 0.05) is 24.3 Å². The zero-order chi connectivity index (χ0) is 22.9. The van der Waals surface area contributed by atoms with Gasteiger partial charge >= 0.3 is 5.51 Å². The van der Waals surface area contributed by atoms with E-state index >= 15 is 0 Å². The molecule has 32 heavy (non-hydrogen) atoms. The number of fused-ring (bicyclic) bond motifs is 1. The van der Waals surface area contributed by atoms with Crippen LogP contribution < -0.4 is 5.32 Å². The van der Waals surface area contributed by atoms with Crippen molar-refractivity contribution in [1.82, 2.24) is 14.9 Å². The Labute approximate surface area is 181 Å². The lowest BCUT2D eigenvalue weighted by atomic mass is 10.2. The number of anilines is 1. The zero-order valence-electron chi connectivity index (χ0n) is 16.6. The van der Waals surface area contributed by atoms with Crippen LogP contribution in [-0.4, -0.2) is 61.0 Å². The topological polar surface area (TPSA) is 104 Å². The molecule has 3 aromatic rings. The first-order chi connectivity index (χ1) is 15.1. The van der Waals surface area contributed by atoms with E-state index in [1.807, 2.05) is 0 Å². The van der Waals surface area contributed by atoms with Crippen molar-refractivity contribution in [3.8, 4) is 0 Å². The largest absolute Gasteiger partial charge is 0.501 e. The molecule has 0 radical (unpaired) electrons. The number of sulfone groups is 1. The Kier molecular flexibility index (Phi) is 5.93. The molecular weight excluding hydrogens is 449 g/mol. The third kappa shape index (κ3) is 4.61. The fraction of sp³-hybridized carbons (Fsp3) is 0.300. The van der Waals surface area contributed by atoms with Gasteiger partial charge in [-0.05, 0) is 42.5 Å². The Hall–Kier alpha value is -2.96. The number of halogens is 3. The van der Waals surface area contributed by atoms with Crippen LogP contribution in [0.1, 0.15) is 16.2 Å². The highest BCUT2D eigenvalue weighted by molar-refractivity contribution is 7.92. The molecule has 4 rings (SSSR count). The summed E-state index contributed by atoms with van der Waals surface area (Å²) in [6.07, 6.45) is 0. The third-order valence-corrected chi connectivity index (χ3v) is 6.50. The van der Waals surface area contributed by atoms with Crippen molar-refractivity contribution in [3.63, 3.8) is 0 Å². The molecule has 0 aliphatic carbocycles. The minimum Gasteiger partial charge on any atom is -0.379 e. The predicted octanol–water partition coefficient (Wildman–Crippen LogP) is 2.94. The monoisotopic (exact) mass is 468 g/mol. The average molecular weight is 468 g/mol. The summed E-state index contributed by atoms with van der Waals surface area (Å²) in [6.45, 7) is 3.65. The van der Waals surface area contributed by atoms with Crippen molar-refractivity contribution in [1.29, 1.82) is 0 Å². The summed E-state index contributed by atoms with van der Waals surface area (Å²) in [4.78, 5) is 21.5. The van der Waals surface area contributed by atoms with E-state index in [2.05, 4.69) is 20.2 Å². The number of aromatic nitrogens is 2. The standard InChI is InChI=1S/C20H19F3N4O4S/c21-20(22,23)32(29,30)15-4-1-13(2-5-15)19(28)24-14-3-6-16-17(11-14)26-18(25-16)12-27-7-9-31-10-8-27/h1-6,11H,7-10,12H2,(H,24,28)(H,25,26). The SMILES string of the molecule is O=C(Nc1ccc2nc(CN3CCOCC3)[nH]c2c1)c1ccc(S(=O)(=O)C(F)(F)F)cc1. The Morgan fingerprint density at radius 1 is 1.12 bits per heavy atom. The van der Waals surface area contributed by atoms with Crippen LogP contribution in [0.5, 0.6) is 0 Å². The maximum absolute atomic E-state index is 12.6. The molecule has 1 saturated heterocycles. The summed E-state index contributed by atoms with van der Waals surface area (Å²) in [7, 11) is -5.46. The molecular formula is C20H19F3N4O4S. The smallest absolute Gasteiger partial charge is 0.379 e. The summed E-state index contributed by atoms with van der Waals surface area (Å²) >= 11 is 0. The number of hydrogen-bond acceptors (Lipinski definition) is 6. The fourth-order valence-corrected chi connectivity index (χ4v) is 4.07. The maximum atomic E-state index is 12.6. The van der Waals surface area contributed by atoms with Crippen molar-refractivity contribution in [2.45, 2.75) is 16.9 Å². The molecule has 0 spiro atoms. The quantitative estimate of drug-likeness (QED) is 0.597. The van der Waals surface area contributed by atoms with Crippen LogP contribution >= 0.6 is 0 Å². The second-order valence-electron chi connectivity index (χ2n) is 7.23. The number of carbonyl (C=O) groups excluding carboxylic acids is 1. The number of rotatable bonds is 5. The minimum atomic E-state index is -5.46. The number of morpholine rings is 1. The molecule has 1 aromatic heterocycles. The normalized spacial score (nSPS) is 15.7. The van der Waals surface area contributed by atoms with E-state index in [0.29, 0.717) is 25.4 Å². The first-order valence-corrected chi connectivity index (χ1v) is 11.1. The van der Waals surface area contributed by atoms with Crippen molar-refractivity contribution in [2.75, 3.05) is 31.6 Å². The molecule has 2 N–H and O–H groups in total. The van der Waals surface area contributed by atoms with E-state index in [0.717, 1.165) is 54.2 Å². The molecule has 1 amide bonds. The van der Waals surface area contributed by atoms with E-state index in [1.165, 1.54) is 0 Å². The molecule has 2 aromatic carbocycles. The van der Waals surface area contributed by atoms with Crippen LogP contribution in [0.4, 0.5) is 18.9 Å². The molecule has 0 saturated carbocycles. The van der Waals surface area contributed by atoms with E-state index < -0.39 is 26.1 Å². The van der Waals surface area contributed by atoms with Crippen molar-refractivity contribution >= 4 is 32.5 Å². The third-order valence-electron chi connectivity index (χ3n) is 5.00. The molecule has 1 aliphatic heterocycles. The molecule has 0 unspecified atom stereocenters. The number of amides is 1. The number of alkyl halides is 3. The van der Waals surface area contributed by atoms with Crippen LogP contribution in [0, 0.1) is 0 Å². The molecule has 0 bridgehead atoms. The number of ether oxygens (including phenoxy) is 1. The molecule has 2 heterocycles. The van der Waals surface area contributed by atoms with E-state index in [1.54, 1.807) is 18.2 Å². The molecule has 12 heteroatoms. The van der Waals surface area contributed by atoms with Crippen molar-refractivity contribution in [2.24, 2.45) is 0 Å². The Balaban J connectivity index is 1.46. The van der Waals surface area contributed by atoms with Gasteiger partial charge in [-0.2, -0.15) is 13.2 Å². The molecule has 8 nitrogen and oxygen atoms in total. The molecule has 0 atom stereocenters. The van der Waals surface area contributed by atoms with E-state index in [-0.39, 0.29) is 5.56 Å². The van der Waals surface area contributed by atoms with E-state index in [9.17, 15) is 26.4 Å². The van der Waals surface area contributed by atoms with Gasteiger partial charge in [-0.25, -0.2) is 13.4 Å². The summed E-state index contributed by atoms with van der Waals surface area (Å²) < 4.78 is 66.1. The van der Waals surface area contributed by atoms with Gasteiger partial charge in [0.2, 0.25) is 0 Å². The Morgan fingerprint density at radius 2 is 1.81 bits per heavy atom. The molecule has 1 fully saturated rings. The van der Waals surface area contributed by atoms with Crippen LogP contribution in [0.15, 0.2) is 47.4 Å². The number of aromatic amines is 1. The summed E-state index contributed by atoms with van der Waals surface area (Å²) in [5, 5.41) is 2.64. The van der Waals surface area contributed by atoms with Crippen molar-refractivity contribution < 1.29 is 31.1 Å². The number of nitrogens with one attached hydrogen (secondary N) is 2. The minimum absolute atomic E-state index is 0.0174. The Morgan fingerprint density at radius 3 is 2.47 bits per heavy atom. The van der Waals surface area contributed by atoms with E-state index in [4.69, 9.17) is 4.74 Å². The first kappa shape index (κ1) is 22.2. The maximum Gasteiger partial charge on any atom is 0.501 e. The van der Waals surface area contributed by atoms with Gasteiger partial charge in [-0.3, -0.25) is 9.69 Å². The number of H-pyrrole nitrogens is 1. The molecule has 1 aliphatic rings. The lowest BCUT2D eigenvalue weighted by Crippen LogP contribution is -2.35. The predicted molar refractivity (Wildman–Crippen MR) is 110 cm³/mol. The van der Waals surface area contributed by atoms with Gasteiger partial charge in [0.25, 0.3) is 15.7 Å². The number of carbonyl (C=O) groups is 1. The van der Waals surface area contributed by atoms with Crippen molar-refractivity contribution in [3.05, 3.63) is 53.9 Å². The van der Waals surface area contributed by atoms with Gasteiger partial charge in [-0.15, -0.1) is 0 Å². The highest BCUT2D eigenvalue weighted by atomic mass is 32.2.